The molecule has 0 aliphatic carbocycles. The minimum Gasteiger partial charge on any atom is -0.383 e. The summed E-state index contributed by atoms with van der Waals surface area (Å²) in [7, 11) is 1.65. The molecule has 0 aliphatic heterocycles. The van der Waals surface area contributed by atoms with E-state index in [1.165, 1.54) is 0 Å². The SMILES string of the molecule is CCC(COC)Nc1cc([N+](=O)[O-])c(C)cc1C. The van der Waals surface area contributed by atoms with Gasteiger partial charge in [-0.05, 0) is 31.9 Å². The van der Waals surface area contributed by atoms with Crippen LogP contribution in [-0.4, -0.2) is 24.7 Å². The van der Waals surface area contributed by atoms with Crippen molar-refractivity contribution < 1.29 is 9.66 Å². The van der Waals surface area contributed by atoms with E-state index in [2.05, 4.69) is 12.2 Å². The summed E-state index contributed by atoms with van der Waals surface area (Å²) in [4.78, 5) is 10.6. The first kappa shape index (κ1) is 14.4. The van der Waals surface area contributed by atoms with Crippen molar-refractivity contribution in [2.45, 2.75) is 33.2 Å². The summed E-state index contributed by atoms with van der Waals surface area (Å²) in [6, 6.07) is 3.60. The number of rotatable bonds is 6. The Balaban J connectivity index is 3.01. The summed E-state index contributed by atoms with van der Waals surface area (Å²) in [6.07, 6.45) is 0.898. The summed E-state index contributed by atoms with van der Waals surface area (Å²) in [5.74, 6) is 0. The molecule has 1 unspecified atom stereocenters. The molecule has 18 heavy (non-hydrogen) atoms. The molecule has 0 heterocycles. The lowest BCUT2D eigenvalue weighted by atomic mass is 10.1. The Labute approximate surface area is 107 Å². The number of hydrogen-bond donors (Lipinski definition) is 1. The second-order valence-electron chi connectivity index (χ2n) is 4.42. The van der Waals surface area contributed by atoms with E-state index in [0.717, 1.165) is 17.7 Å². The molecule has 0 aliphatic rings. The minimum atomic E-state index is -0.350. The highest BCUT2D eigenvalue weighted by Gasteiger charge is 2.15. The van der Waals surface area contributed by atoms with Gasteiger partial charge in [0.05, 0.1) is 11.5 Å². The van der Waals surface area contributed by atoms with E-state index >= 15 is 0 Å². The fraction of sp³-hybridized carbons (Fsp3) is 0.538. The summed E-state index contributed by atoms with van der Waals surface area (Å²) in [5, 5.41) is 14.2. The van der Waals surface area contributed by atoms with Crippen molar-refractivity contribution in [2.75, 3.05) is 19.0 Å². The van der Waals surface area contributed by atoms with Gasteiger partial charge >= 0.3 is 0 Å². The van der Waals surface area contributed by atoms with Crippen molar-refractivity contribution in [3.8, 4) is 0 Å². The summed E-state index contributed by atoms with van der Waals surface area (Å²) in [5.41, 5.74) is 2.64. The number of benzene rings is 1. The van der Waals surface area contributed by atoms with Gasteiger partial charge in [0.1, 0.15) is 0 Å². The lowest BCUT2D eigenvalue weighted by Gasteiger charge is -2.19. The monoisotopic (exact) mass is 252 g/mol. The molecule has 0 saturated heterocycles. The van der Waals surface area contributed by atoms with Gasteiger partial charge in [-0.1, -0.05) is 6.92 Å². The van der Waals surface area contributed by atoms with Crippen molar-refractivity contribution in [3.05, 3.63) is 33.4 Å². The van der Waals surface area contributed by atoms with Gasteiger partial charge in [-0.2, -0.15) is 0 Å². The Hall–Kier alpha value is -1.62. The van der Waals surface area contributed by atoms with Gasteiger partial charge < -0.3 is 10.1 Å². The van der Waals surface area contributed by atoms with Crippen LogP contribution in [0.1, 0.15) is 24.5 Å². The fourth-order valence-corrected chi connectivity index (χ4v) is 1.88. The number of nitro benzene ring substituents is 1. The molecule has 1 atom stereocenters. The summed E-state index contributed by atoms with van der Waals surface area (Å²) >= 11 is 0. The van der Waals surface area contributed by atoms with Crippen LogP contribution in [0.5, 0.6) is 0 Å². The molecule has 0 amide bonds. The topological polar surface area (TPSA) is 64.4 Å². The average Bonchev–Trinajstić information content (AvgIpc) is 2.31. The van der Waals surface area contributed by atoms with Gasteiger partial charge in [-0.25, -0.2) is 0 Å². The standard InChI is InChI=1S/C13H20N2O3/c1-5-11(8-18-4)14-12-7-13(15(16)17)10(3)6-9(12)2/h6-7,11,14H,5,8H2,1-4H3. The van der Waals surface area contributed by atoms with Gasteiger partial charge in [0, 0.05) is 30.5 Å². The van der Waals surface area contributed by atoms with Crippen LogP contribution in [0, 0.1) is 24.0 Å². The van der Waals surface area contributed by atoms with Crippen molar-refractivity contribution in [3.63, 3.8) is 0 Å². The number of hydrogen-bond acceptors (Lipinski definition) is 4. The third-order valence-electron chi connectivity index (χ3n) is 2.96. The molecule has 100 valence electrons. The molecule has 1 aromatic carbocycles. The van der Waals surface area contributed by atoms with Crippen LogP contribution in [0.3, 0.4) is 0 Å². The Morgan fingerprint density at radius 1 is 1.39 bits per heavy atom. The molecule has 0 saturated carbocycles. The van der Waals surface area contributed by atoms with E-state index in [-0.39, 0.29) is 16.7 Å². The smallest absolute Gasteiger partial charge is 0.274 e. The molecule has 0 radical (unpaired) electrons. The van der Waals surface area contributed by atoms with E-state index in [9.17, 15) is 10.1 Å². The number of ether oxygens (including phenoxy) is 1. The second kappa shape index (κ2) is 6.35. The minimum absolute atomic E-state index is 0.148. The average molecular weight is 252 g/mol. The van der Waals surface area contributed by atoms with Crippen molar-refractivity contribution >= 4 is 11.4 Å². The number of nitrogens with one attached hydrogen (secondary N) is 1. The predicted molar refractivity (Wildman–Crippen MR) is 72.1 cm³/mol. The molecule has 5 nitrogen and oxygen atoms in total. The Bertz CT molecular complexity index is 432. The van der Waals surface area contributed by atoms with Crippen molar-refractivity contribution in [2.24, 2.45) is 0 Å². The van der Waals surface area contributed by atoms with Crippen LogP contribution in [0.15, 0.2) is 12.1 Å². The van der Waals surface area contributed by atoms with Crippen LogP contribution in [0.4, 0.5) is 11.4 Å². The lowest BCUT2D eigenvalue weighted by molar-refractivity contribution is -0.385. The maximum Gasteiger partial charge on any atom is 0.274 e. The molecule has 0 spiro atoms. The van der Waals surface area contributed by atoms with E-state index < -0.39 is 0 Å². The first-order chi connectivity index (χ1) is 8.49. The maximum absolute atomic E-state index is 10.9. The van der Waals surface area contributed by atoms with Crippen LogP contribution in [-0.2, 0) is 4.74 Å². The number of aryl methyl sites for hydroxylation is 2. The number of nitro groups is 1. The quantitative estimate of drug-likeness (QED) is 0.624. The van der Waals surface area contributed by atoms with Gasteiger partial charge in [-0.15, -0.1) is 0 Å². The van der Waals surface area contributed by atoms with Gasteiger partial charge in [0.15, 0.2) is 0 Å². The van der Waals surface area contributed by atoms with Crippen LogP contribution in [0.25, 0.3) is 0 Å². The van der Waals surface area contributed by atoms with Crippen LogP contribution < -0.4 is 5.32 Å². The van der Waals surface area contributed by atoms with Gasteiger partial charge in [0.2, 0.25) is 0 Å². The highest BCUT2D eigenvalue weighted by Crippen LogP contribution is 2.27. The summed E-state index contributed by atoms with van der Waals surface area (Å²) in [6.45, 7) is 6.33. The van der Waals surface area contributed by atoms with Crippen molar-refractivity contribution in [1.29, 1.82) is 0 Å². The fourth-order valence-electron chi connectivity index (χ4n) is 1.88. The molecule has 5 heteroatoms. The molecule has 0 bridgehead atoms. The Morgan fingerprint density at radius 3 is 2.56 bits per heavy atom. The lowest BCUT2D eigenvalue weighted by Crippen LogP contribution is -2.24. The first-order valence-electron chi connectivity index (χ1n) is 6.00. The van der Waals surface area contributed by atoms with Gasteiger partial charge in [-0.3, -0.25) is 10.1 Å². The zero-order valence-electron chi connectivity index (χ0n) is 11.3. The molecule has 0 aromatic heterocycles. The first-order valence-corrected chi connectivity index (χ1v) is 6.00. The summed E-state index contributed by atoms with van der Waals surface area (Å²) < 4.78 is 5.11. The Morgan fingerprint density at radius 2 is 2.06 bits per heavy atom. The number of methoxy groups -OCH3 is 1. The zero-order valence-corrected chi connectivity index (χ0v) is 11.3. The molecule has 0 fully saturated rings. The van der Waals surface area contributed by atoms with E-state index in [1.54, 1.807) is 20.1 Å². The highest BCUT2D eigenvalue weighted by molar-refractivity contribution is 5.60. The van der Waals surface area contributed by atoms with Crippen LogP contribution >= 0.6 is 0 Å². The normalized spacial score (nSPS) is 12.2. The van der Waals surface area contributed by atoms with Crippen LogP contribution in [0.2, 0.25) is 0 Å². The predicted octanol–water partition coefficient (Wildman–Crippen LogP) is 3.05. The van der Waals surface area contributed by atoms with E-state index in [4.69, 9.17) is 4.74 Å². The maximum atomic E-state index is 10.9. The Kier molecular flexibility index (Phi) is 5.09. The molecular weight excluding hydrogens is 232 g/mol. The largest absolute Gasteiger partial charge is 0.383 e. The van der Waals surface area contributed by atoms with E-state index in [1.807, 2.05) is 13.0 Å². The van der Waals surface area contributed by atoms with Gasteiger partial charge in [0.25, 0.3) is 5.69 Å². The molecule has 1 aromatic rings. The van der Waals surface area contributed by atoms with E-state index in [0.29, 0.717) is 12.2 Å². The number of anilines is 1. The molecule has 1 rings (SSSR count). The molecular formula is C13H20N2O3. The molecule has 1 N–H and O–H groups in total. The third kappa shape index (κ3) is 3.43. The zero-order chi connectivity index (χ0) is 13.7. The second-order valence-corrected chi connectivity index (χ2v) is 4.42. The number of nitrogens with zero attached hydrogens (tertiary/aromatic N) is 1. The van der Waals surface area contributed by atoms with Crippen molar-refractivity contribution in [1.82, 2.24) is 0 Å². The third-order valence-corrected chi connectivity index (χ3v) is 2.96. The highest BCUT2D eigenvalue weighted by atomic mass is 16.6.